The molecule has 1 saturated heterocycles. The molecule has 6 heteroatoms. The van der Waals surface area contributed by atoms with Gasteiger partial charge in [-0.3, -0.25) is 0 Å². The molecule has 0 bridgehead atoms. The maximum Gasteiger partial charge on any atom is 0.337 e. The zero-order valence-corrected chi connectivity index (χ0v) is 17.1. The highest BCUT2D eigenvalue weighted by Gasteiger charge is 2.19. The maximum atomic E-state index is 11.9. The summed E-state index contributed by atoms with van der Waals surface area (Å²) in [6, 6.07) is 17.8. The number of benzene rings is 3. The lowest BCUT2D eigenvalue weighted by Gasteiger charge is -2.30. The van der Waals surface area contributed by atoms with Crippen LogP contribution >= 0.6 is 0 Å². The van der Waals surface area contributed by atoms with Gasteiger partial charge in [0.25, 0.3) is 0 Å². The van der Waals surface area contributed by atoms with Gasteiger partial charge in [-0.2, -0.15) is 0 Å². The summed E-state index contributed by atoms with van der Waals surface area (Å²) in [5.74, 6) is -0.0904. The van der Waals surface area contributed by atoms with E-state index < -0.39 is 5.97 Å². The minimum atomic E-state index is -0.930. The lowest BCUT2D eigenvalue weighted by Crippen LogP contribution is -2.37. The third-order valence-electron chi connectivity index (χ3n) is 5.35. The Bertz CT molecular complexity index is 1040. The van der Waals surface area contributed by atoms with Crippen LogP contribution in [0.25, 0.3) is 10.8 Å². The van der Waals surface area contributed by atoms with Gasteiger partial charge in [-0.1, -0.05) is 30.3 Å². The van der Waals surface area contributed by atoms with Crippen LogP contribution in [-0.2, 0) is 11.3 Å². The highest BCUT2D eigenvalue weighted by Crippen LogP contribution is 2.30. The molecule has 156 valence electrons. The smallest absolute Gasteiger partial charge is 0.337 e. The lowest BCUT2D eigenvalue weighted by molar-refractivity contribution is 0.0696. The number of hydrogen-bond acceptors (Lipinski definition) is 5. The SMILES string of the molecule is CCOc1ccc2ccccc2c1CNc1ccc(N2CCOCC2)c(C(=O)O)c1. The van der Waals surface area contributed by atoms with E-state index in [-0.39, 0.29) is 0 Å². The molecule has 0 amide bonds. The second kappa shape index (κ2) is 9.05. The van der Waals surface area contributed by atoms with Crippen LogP contribution in [0.4, 0.5) is 11.4 Å². The van der Waals surface area contributed by atoms with Gasteiger partial charge in [0.15, 0.2) is 0 Å². The van der Waals surface area contributed by atoms with E-state index in [4.69, 9.17) is 9.47 Å². The quantitative estimate of drug-likeness (QED) is 0.607. The van der Waals surface area contributed by atoms with Crippen molar-refractivity contribution in [1.29, 1.82) is 0 Å². The molecule has 6 nitrogen and oxygen atoms in total. The van der Waals surface area contributed by atoms with E-state index in [1.165, 1.54) is 0 Å². The van der Waals surface area contributed by atoms with E-state index in [1.807, 2.05) is 37.3 Å². The molecule has 0 aliphatic carbocycles. The second-order valence-corrected chi connectivity index (χ2v) is 7.19. The van der Waals surface area contributed by atoms with Gasteiger partial charge < -0.3 is 24.8 Å². The Morgan fingerprint density at radius 2 is 1.93 bits per heavy atom. The zero-order valence-electron chi connectivity index (χ0n) is 17.1. The summed E-state index contributed by atoms with van der Waals surface area (Å²) in [7, 11) is 0. The van der Waals surface area contributed by atoms with Crippen molar-refractivity contribution < 1.29 is 19.4 Å². The fourth-order valence-corrected chi connectivity index (χ4v) is 3.88. The molecule has 1 aliphatic rings. The van der Waals surface area contributed by atoms with E-state index in [0.717, 1.165) is 33.5 Å². The number of ether oxygens (including phenoxy) is 2. The van der Waals surface area contributed by atoms with E-state index >= 15 is 0 Å². The maximum absolute atomic E-state index is 11.9. The Morgan fingerprint density at radius 3 is 2.70 bits per heavy atom. The molecule has 3 aromatic carbocycles. The number of aromatic carboxylic acids is 1. The predicted octanol–water partition coefficient (Wildman–Crippen LogP) is 4.39. The van der Waals surface area contributed by atoms with Crippen LogP contribution in [0.5, 0.6) is 5.75 Å². The van der Waals surface area contributed by atoms with Gasteiger partial charge in [0, 0.05) is 30.9 Å². The Morgan fingerprint density at radius 1 is 1.13 bits per heavy atom. The number of carboxylic acids is 1. The molecule has 0 saturated carbocycles. The Labute approximate surface area is 176 Å². The van der Waals surface area contributed by atoms with Crippen LogP contribution in [0.1, 0.15) is 22.8 Å². The topological polar surface area (TPSA) is 71.0 Å². The van der Waals surface area contributed by atoms with Crippen LogP contribution in [0.15, 0.2) is 54.6 Å². The summed E-state index contributed by atoms with van der Waals surface area (Å²) in [6.45, 7) is 5.70. The highest BCUT2D eigenvalue weighted by molar-refractivity contribution is 5.96. The largest absolute Gasteiger partial charge is 0.494 e. The van der Waals surface area contributed by atoms with Crippen molar-refractivity contribution in [1.82, 2.24) is 0 Å². The van der Waals surface area contributed by atoms with E-state index in [1.54, 1.807) is 6.07 Å². The third-order valence-corrected chi connectivity index (χ3v) is 5.35. The first kappa shape index (κ1) is 20.0. The number of rotatable bonds is 7. The summed E-state index contributed by atoms with van der Waals surface area (Å²) in [4.78, 5) is 14.0. The number of carboxylic acid groups (broad SMARTS) is 1. The van der Waals surface area contributed by atoms with Crippen molar-refractivity contribution in [2.75, 3.05) is 43.1 Å². The van der Waals surface area contributed by atoms with Crippen LogP contribution in [0, 0.1) is 0 Å². The van der Waals surface area contributed by atoms with Gasteiger partial charge in [-0.25, -0.2) is 4.79 Å². The van der Waals surface area contributed by atoms with Crippen LogP contribution in [-0.4, -0.2) is 44.0 Å². The molecule has 0 spiro atoms. The molecular formula is C24H26N2O4. The van der Waals surface area contributed by atoms with Crippen LogP contribution in [0.2, 0.25) is 0 Å². The Hall–Kier alpha value is -3.25. The fourth-order valence-electron chi connectivity index (χ4n) is 3.88. The van der Waals surface area contributed by atoms with Crippen molar-refractivity contribution in [3.8, 4) is 5.75 Å². The van der Waals surface area contributed by atoms with Crippen LogP contribution in [0.3, 0.4) is 0 Å². The first-order chi connectivity index (χ1) is 14.7. The summed E-state index contributed by atoms with van der Waals surface area (Å²) < 4.78 is 11.2. The molecule has 0 atom stereocenters. The number of carbonyl (C=O) groups is 1. The summed E-state index contributed by atoms with van der Waals surface area (Å²) in [6.07, 6.45) is 0. The van der Waals surface area contributed by atoms with Gasteiger partial charge >= 0.3 is 5.97 Å². The summed E-state index contributed by atoms with van der Waals surface area (Å²) in [5, 5.41) is 15.4. The molecule has 2 N–H and O–H groups in total. The number of hydrogen-bond donors (Lipinski definition) is 2. The molecule has 1 fully saturated rings. The summed E-state index contributed by atoms with van der Waals surface area (Å²) >= 11 is 0. The van der Waals surface area contributed by atoms with Crippen molar-refractivity contribution in [2.45, 2.75) is 13.5 Å². The molecule has 1 aliphatic heterocycles. The number of anilines is 2. The Balaban J connectivity index is 1.61. The average Bonchev–Trinajstić information content (AvgIpc) is 2.79. The molecule has 0 aromatic heterocycles. The van der Waals surface area contributed by atoms with Crippen molar-refractivity contribution in [2.24, 2.45) is 0 Å². The summed E-state index contributed by atoms with van der Waals surface area (Å²) in [5.41, 5.74) is 2.85. The first-order valence-electron chi connectivity index (χ1n) is 10.2. The monoisotopic (exact) mass is 406 g/mol. The third kappa shape index (κ3) is 4.19. The first-order valence-corrected chi connectivity index (χ1v) is 10.2. The van der Waals surface area contributed by atoms with Gasteiger partial charge in [-0.15, -0.1) is 0 Å². The number of fused-ring (bicyclic) bond motifs is 1. The highest BCUT2D eigenvalue weighted by atomic mass is 16.5. The molecular weight excluding hydrogens is 380 g/mol. The van der Waals surface area contributed by atoms with Gasteiger partial charge in [0.05, 0.1) is 31.1 Å². The normalized spacial score (nSPS) is 14.0. The van der Waals surface area contributed by atoms with Crippen LogP contribution < -0.4 is 15.0 Å². The van der Waals surface area contributed by atoms with Gasteiger partial charge in [0.1, 0.15) is 5.75 Å². The van der Waals surface area contributed by atoms with E-state index in [0.29, 0.717) is 45.0 Å². The number of nitrogens with zero attached hydrogens (tertiary/aromatic N) is 1. The predicted molar refractivity (Wildman–Crippen MR) is 119 cm³/mol. The van der Waals surface area contributed by atoms with Crippen molar-refractivity contribution >= 4 is 28.1 Å². The van der Waals surface area contributed by atoms with Gasteiger partial charge in [-0.05, 0) is 42.0 Å². The molecule has 0 unspecified atom stereocenters. The van der Waals surface area contributed by atoms with Gasteiger partial charge in [0.2, 0.25) is 0 Å². The minimum Gasteiger partial charge on any atom is -0.494 e. The average molecular weight is 406 g/mol. The minimum absolute atomic E-state index is 0.296. The molecule has 30 heavy (non-hydrogen) atoms. The number of morpholine rings is 1. The zero-order chi connectivity index (χ0) is 20.9. The molecule has 0 radical (unpaired) electrons. The van der Waals surface area contributed by atoms with E-state index in [2.05, 4.69) is 28.4 Å². The molecule has 3 aromatic rings. The second-order valence-electron chi connectivity index (χ2n) is 7.19. The molecule has 1 heterocycles. The van der Waals surface area contributed by atoms with Crippen molar-refractivity contribution in [3.05, 3.63) is 65.7 Å². The van der Waals surface area contributed by atoms with E-state index in [9.17, 15) is 9.90 Å². The Kier molecular flexibility index (Phi) is 6.05. The number of nitrogens with one attached hydrogen (secondary N) is 1. The standard InChI is InChI=1S/C24H26N2O4/c1-2-30-23-10-7-17-5-3-4-6-19(17)21(23)16-25-18-8-9-22(20(15-18)24(27)28)26-11-13-29-14-12-26/h3-10,15,25H,2,11-14,16H2,1H3,(H,27,28). The lowest BCUT2D eigenvalue weighted by atomic mass is 10.0. The fraction of sp³-hybridized carbons (Fsp3) is 0.292. The molecule has 4 rings (SSSR count). The van der Waals surface area contributed by atoms with Crippen molar-refractivity contribution in [3.63, 3.8) is 0 Å².